The smallest absolute Gasteiger partial charge is 0.0591 e. The lowest BCUT2D eigenvalue weighted by Crippen LogP contribution is -2.19. The van der Waals surface area contributed by atoms with Crippen molar-refractivity contribution in [1.29, 1.82) is 0 Å². The number of benzene rings is 1. The second-order valence-electron chi connectivity index (χ2n) is 4.60. The number of hydrogen-bond acceptors (Lipinski definition) is 2. The summed E-state index contributed by atoms with van der Waals surface area (Å²) in [7, 11) is 0. The molecule has 0 aromatic heterocycles. The molecule has 0 aliphatic rings. The fourth-order valence-corrected chi connectivity index (χ4v) is 1.76. The van der Waals surface area contributed by atoms with Gasteiger partial charge in [-0.15, -0.1) is 0 Å². The molecule has 0 amide bonds. The summed E-state index contributed by atoms with van der Waals surface area (Å²) >= 11 is 2.32. The van der Waals surface area contributed by atoms with Crippen molar-refractivity contribution < 1.29 is 4.74 Å². The first-order chi connectivity index (χ1) is 8.18. The lowest BCUT2D eigenvalue weighted by molar-refractivity contribution is 0.125. The third kappa shape index (κ3) is 7.73. The minimum atomic E-state index is 0.731. The molecule has 17 heavy (non-hydrogen) atoms. The van der Waals surface area contributed by atoms with Gasteiger partial charge < -0.3 is 10.1 Å². The molecule has 0 spiro atoms. The molecule has 1 N–H and O–H groups in total. The Kier molecular flexibility index (Phi) is 7.81. The number of rotatable bonds is 8. The van der Waals surface area contributed by atoms with Gasteiger partial charge in [0.1, 0.15) is 0 Å². The van der Waals surface area contributed by atoms with Crippen molar-refractivity contribution in [3.05, 3.63) is 33.4 Å². The summed E-state index contributed by atoms with van der Waals surface area (Å²) in [6.07, 6.45) is 1.15. The quantitative estimate of drug-likeness (QED) is 0.575. The molecule has 0 saturated heterocycles. The van der Waals surface area contributed by atoms with Crippen molar-refractivity contribution in [2.45, 2.75) is 26.8 Å². The summed E-state index contributed by atoms with van der Waals surface area (Å²) in [6.45, 7) is 7.96. The maximum atomic E-state index is 5.54. The fourth-order valence-electron chi connectivity index (χ4n) is 1.40. The topological polar surface area (TPSA) is 21.3 Å². The maximum Gasteiger partial charge on any atom is 0.0591 e. The van der Waals surface area contributed by atoms with Gasteiger partial charge in [-0.3, -0.25) is 0 Å². The third-order valence-electron chi connectivity index (χ3n) is 2.51. The highest BCUT2D eigenvalue weighted by molar-refractivity contribution is 14.1. The highest BCUT2D eigenvalue weighted by atomic mass is 127. The molecule has 0 saturated carbocycles. The summed E-state index contributed by atoms with van der Waals surface area (Å²) in [5, 5.41) is 3.38. The molecule has 96 valence electrons. The molecule has 0 unspecified atom stereocenters. The van der Waals surface area contributed by atoms with Crippen LogP contribution in [0.5, 0.6) is 0 Å². The molecule has 0 bridgehead atoms. The van der Waals surface area contributed by atoms with Gasteiger partial charge in [-0.25, -0.2) is 0 Å². The van der Waals surface area contributed by atoms with Crippen molar-refractivity contribution in [3.63, 3.8) is 0 Å². The van der Waals surface area contributed by atoms with Crippen LogP contribution in [-0.2, 0) is 11.3 Å². The van der Waals surface area contributed by atoms with Crippen LogP contribution in [0, 0.1) is 9.49 Å². The second-order valence-corrected chi connectivity index (χ2v) is 5.84. The molecular weight excluding hydrogens is 325 g/mol. The molecule has 1 aromatic carbocycles. The van der Waals surface area contributed by atoms with Gasteiger partial charge in [0.2, 0.25) is 0 Å². The van der Waals surface area contributed by atoms with E-state index in [0.717, 1.165) is 38.6 Å². The van der Waals surface area contributed by atoms with E-state index >= 15 is 0 Å². The minimum Gasteiger partial charge on any atom is -0.380 e. The lowest BCUT2D eigenvalue weighted by atomic mass is 10.1. The Morgan fingerprint density at radius 1 is 1.18 bits per heavy atom. The van der Waals surface area contributed by atoms with Crippen LogP contribution in [0.3, 0.4) is 0 Å². The molecule has 3 heteroatoms. The van der Waals surface area contributed by atoms with E-state index in [1.54, 1.807) is 0 Å². The monoisotopic (exact) mass is 347 g/mol. The number of hydrogen-bond donors (Lipinski definition) is 1. The van der Waals surface area contributed by atoms with E-state index in [0.29, 0.717) is 0 Å². The minimum absolute atomic E-state index is 0.731. The Balaban J connectivity index is 1.99. The predicted octanol–water partition coefficient (Wildman–Crippen LogP) is 3.44. The molecule has 0 fully saturated rings. The summed E-state index contributed by atoms with van der Waals surface area (Å²) in [6, 6.07) is 8.59. The summed E-state index contributed by atoms with van der Waals surface area (Å²) in [4.78, 5) is 0. The lowest BCUT2D eigenvalue weighted by Gasteiger charge is -2.07. The first-order valence-electron chi connectivity index (χ1n) is 6.21. The molecule has 0 aliphatic carbocycles. The summed E-state index contributed by atoms with van der Waals surface area (Å²) in [5.41, 5.74) is 1.33. The van der Waals surface area contributed by atoms with Crippen LogP contribution in [-0.4, -0.2) is 19.8 Å². The maximum absolute atomic E-state index is 5.54. The Morgan fingerprint density at radius 2 is 1.88 bits per heavy atom. The van der Waals surface area contributed by atoms with Gasteiger partial charge in [-0.2, -0.15) is 0 Å². The molecule has 1 aromatic rings. The van der Waals surface area contributed by atoms with Crippen molar-refractivity contribution in [1.82, 2.24) is 5.32 Å². The van der Waals surface area contributed by atoms with Crippen molar-refractivity contribution in [3.8, 4) is 0 Å². The van der Waals surface area contributed by atoms with Gasteiger partial charge in [0.25, 0.3) is 0 Å². The first kappa shape index (κ1) is 14.9. The van der Waals surface area contributed by atoms with Crippen LogP contribution in [0.2, 0.25) is 0 Å². The average molecular weight is 347 g/mol. The van der Waals surface area contributed by atoms with Gasteiger partial charge in [0.15, 0.2) is 0 Å². The molecular formula is C14H22INO. The molecule has 1 rings (SSSR count). The zero-order chi connectivity index (χ0) is 12.5. The number of nitrogens with one attached hydrogen (secondary N) is 1. The Bertz CT molecular complexity index is 298. The largest absolute Gasteiger partial charge is 0.380 e. The third-order valence-corrected chi connectivity index (χ3v) is 3.22. The highest BCUT2D eigenvalue weighted by Crippen LogP contribution is 2.06. The van der Waals surface area contributed by atoms with E-state index in [4.69, 9.17) is 4.74 Å². The van der Waals surface area contributed by atoms with Crippen LogP contribution < -0.4 is 5.32 Å². The van der Waals surface area contributed by atoms with Gasteiger partial charge in [0.05, 0.1) is 6.61 Å². The Hall–Kier alpha value is -0.130. The summed E-state index contributed by atoms with van der Waals surface area (Å²) in [5.74, 6) is 0.731. The number of ether oxygens (including phenoxy) is 1. The van der Waals surface area contributed by atoms with Crippen molar-refractivity contribution in [2.75, 3.05) is 19.8 Å². The van der Waals surface area contributed by atoms with Crippen LogP contribution in [0.15, 0.2) is 24.3 Å². The van der Waals surface area contributed by atoms with Gasteiger partial charge >= 0.3 is 0 Å². The van der Waals surface area contributed by atoms with E-state index in [1.807, 2.05) is 0 Å². The van der Waals surface area contributed by atoms with Crippen LogP contribution in [0.4, 0.5) is 0 Å². The molecule has 0 heterocycles. The molecule has 0 atom stereocenters. The highest BCUT2D eigenvalue weighted by Gasteiger charge is 1.95. The standard InChI is InChI=1S/C14H22INO/c1-12(2)7-9-17-10-8-16-11-13-3-5-14(15)6-4-13/h3-6,12,16H,7-11H2,1-2H3. The SMILES string of the molecule is CC(C)CCOCCNCc1ccc(I)cc1. The molecule has 0 aliphatic heterocycles. The van der Waals surface area contributed by atoms with Gasteiger partial charge in [0, 0.05) is 23.3 Å². The van der Waals surface area contributed by atoms with E-state index in [1.165, 1.54) is 9.13 Å². The van der Waals surface area contributed by atoms with Crippen LogP contribution >= 0.6 is 22.6 Å². The van der Waals surface area contributed by atoms with Crippen molar-refractivity contribution in [2.24, 2.45) is 5.92 Å². The van der Waals surface area contributed by atoms with Crippen molar-refractivity contribution >= 4 is 22.6 Å². The van der Waals surface area contributed by atoms with Gasteiger partial charge in [-0.1, -0.05) is 26.0 Å². The Morgan fingerprint density at radius 3 is 2.53 bits per heavy atom. The van der Waals surface area contributed by atoms with Crippen LogP contribution in [0.1, 0.15) is 25.8 Å². The zero-order valence-electron chi connectivity index (χ0n) is 10.7. The predicted molar refractivity (Wildman–Crippen MR) is 81.1 cm³/mol. The molecule has 0 radical (unpaired) electrons. The normalized spacial score (nSPS) is 11.1. The molecule has 2 nitrogen and oxygen atoms in total. The second kappa shape index (κ2) is 8.89. The van der Waals surface area contributed by atoms with E-state index in [2.05, 4.69) is 66.0 Å². The van der Waals surface area contributed by atoms with E-state index in [-0.39, 0.29) is 0 Å². The fraction of sp³-hybridized carbons (Fsp3) is 0.571. The zero-order valence-corrected chi connectivity index (χ0v) is 12.9. The Labute approximate surface area is 118 Å². The summed E-state index contributed by atoms with van der Waals surface area (Å²) < 4.78 is 6.82. The van der Waals surface area contributed by atoms with E-state index in [9.17, 15) is 0 Å². The van der Waals surface area contributed by atoms with Gasteiger partial charge in [-0.05, 0) is 52.6 Å². The van der Waals surface area contributed by atoms with E-state index < -0.39 is 0 Å². The average Bonchev–Trinajstić information content (AvgIpc) is 2.30. The van der Waals surface area contributed by atoms with Crippen LogP contribution in [0.25, 0.3) is 0 Å². The number of halogens is 1. The first-order valence-corrected chi connectivity index (χ1v) is 7.29.